The second-order valence-electron chi connectivity index (χ2n) is 5.11. The first kappa shape index (κ1) is 13.3. The Morgan fingerprint density at radius 2 is 1.83 bits per heavy atom. The van der Waals surface area contributed by atoms with Crippen LogP contribution in [0.1, 0.15) is 16.1 Å². The van der Waals surface area contributed by atoms with E-state index in [-0.39, 0.29) is 18.4 Å². The molecule has 0 saturated carbocycles. The Morgan fingerprint density at radius 3 is 2.57 bits per heavy atom. The van der Waals surface area contributed by atoms with Crippen molar-refractivity contribution < 1.29 is 18.8 Å². The van der Waals surface area contributed by atoms with Gasteiger partial charge in [-0.05, 0) is 29.7 Å². The van der Waals surface area contributed by atoms with Crippen LogP contribution in [-0.4, -0.2) is 12.7 Å². The van der Waals surface area contributed by atoms with Gasteiger partial charge in [-0.1, -0.05) is 18.2 Å². The summed E-state index contributed by atoms with van der Waals surface area (Å²) in [6, 6.07) is 16.3. The van der Waals surface area contributed by atoms with Crippen LogP contribution in [0.2, 0.25) is 0 Å². The minimum Gasteiger partial charge on any atom is -0.454 e. The Labute approximate surface area is 131 Å². The highest BCUT2D eigenvalue weighted by Crippen LogP contribution is 2.36. The van der Waals surface area contributed by atoms with Gasteiger partial charge in [0, 0.05) is 6.07 Å². The molecule has 23 heavy (non-hydrogen) atoms. The largest absolute Gasteiger partial charge is 0.454 e. The number of ether oxygens (including phenoxy) is 2. The highest BCUT2D eigenvalue weighted by atomic mass is 16.7. The SMILES string of the molecule is N#Cc1c2cc3c(cc2cc[n+]1C(=O)c1ccccc1)OCO3. The lowest BCUT2D eigenvalue weighted by atomic mass is 10.1. The molecule has 0 amide bonds. The van der Waals surface area contributed by atoms with E-state index in [9.17, 15) is 10.1 Å². The molecular formula is C18H11N2O3+. The summed E-state index contributed by atoms with van der Waals surface area (Å²) >= 11 is 0. The number of nitriles is 1. The predicted molar refractivity (Wildman–Crippen MR) is 81.2 cm³/mol. The van der Waals surface area contributed by atoms with Gasteiger partial charge in [0.25, 0.3) is 5.69 Å². The van der Waals surface area contributed by atoms with E-state index in [0.29, 0.717) is 22.4 Å². The van der Waals surface area contributed by atoms with Gasteiger partial charge in [-0.15, -0.1) is 4.57 Å². The molecule has 2 aromatic carbocycles. The van der Waals surface area contributed by atoms with E-state index in [4.69, 9.17) is 9.47 Å². The van der Waals surface area contributed by atoms with Crippen molar-refractivity contribution in [3.05, 3.63) is 66.0 Å². The van der Waals surface area contributed by atoms with E-state index < -0.39 is 0 Å². The van der Waals surface area contributed by atoms with E-state index in [1.165, 1.54) is 4.57 Å². The van der Waals surface area contributed by atoms with Crippen molar-refractivity contribution in [2.24, 2.45) is 0 Å². The minimum atomic E-state index is -0.248. The van der Waals surface area contributed by atoms with Crippen LogP contribution in [0, 0.1) is 11.3 Å². The van der Waals surface area contributed by atoms with Gasteiger partial charge < -0.3 is 9.47 Å². The number of hydrogen-bond donors (Lipinski definition) is 0. The van der Waals surface area contributed by atoms with E-state index in [2.05, 4.69) is 6.07 Å². The Balaban J connectivity index is 1.93. The third kappa shape index (κ3) is 2.09. The summed E-state index contributed by atoms with van der Waals surface area (Å²) in [4.78, 5) is 12.7. The first-order valence-electron chi connectivity index (χ1n) is 7.06. The average Bonchev–Trinajstić information content (AvgIpc) is 3.06. The van der Waals surface area contributed by atoms with Crippen molar-refractivity contribution in [3.63, 3.8) is 0 Å². The third-order valence-corrected chi connectivity index (χ3v) is 3.79. The number of hydrogen-bond acceptors (Lipinski definition) is 4. The molecule has 0 radical (unpaired) electrons. The number of carbonyl (C=O) groups excluding carboxylic acids is 1. The smallest absolute Gasteiger partial charge is 0.425 e. The lowest BCUT2D eigenvalue weighted by molar-refractivity contribution is -0.571. The Hall–Kier alpha value is -3.39. The monoisotopic (exact) mass is 303 g/mol. The van der Waals surface area contributed by atoms with E-state index in [1.54, 1.807) is 42.6 Å². The predicted octanol–water partition coefficient (Wildman–Crippen LogP) is 2.42. The number of pyridine rings is 1. The highest BCUT2D eigenvalue weighted by Gasteiger charge is 2.26. The molecular weight excluding hydrogens is 292 g/mol. The van der Waals surface area contributed by atoms with Crippen molar-refractivity contribution in [1.82, 2.24) is 0 Å². The maximum atomic E-state index is 12.7. The van der Waals surface area contributed by atoms with Crippen molar-refractivity contribution in [2.45, 2.75) is 0 Å². The normalized spacial score (nSPS) is 12.1. The molecule has 0 unspecified atom stereocenters. The maximum absolute atomic E-state index is 12.7. The zero-order chi connectivity index (χ0) is 15.8. The molecule has 4 rings (SSSR count). The first-order valence-corrected chi connectivity index (χ1v) is 7.06. The van der Waals surface area contributed by atoms with Crippen molar-refractivity contribution in [2.75, 3.05) is 6.79 Å². The van der Waals surface area contributed by atoms with E-state index in [0.717, 1.165) is 5.39 Å². The fourth-order valence-corrected chi connectivity index (χ4v) is 2.66. The van der Waals surface area contributed by atoms with Crippen LogP contribution < -0.4 is 14.0 Å². The number of aromatic nitrogens is 1. The van der Waals surface area contributed by atoms with Gasteiger partial charge >= 0.3 is 5.91 Å². The summed E-state index contributed by atoms with van der Waals surface area (Å²) in [6.07, 6.45) is 1.61. The molecule has 2 heterocycles. The fourth-order valence-electron chi connectivity index (χ4n) is 2.66. The van der Waals surface area contributed by atoms with Crippen LogP contribution in [0.25, 0.3) is 10.8 Å². The summed E-state index contributed by atoms with van der Waals surface area (Å²) in [5.41, 5.74) is 0.795. The summed E-state index contributed by atoms with van der Waals surface area (Å²) in [7, 11) is 0. The van der Waals surface area contributed by atoms with E-state index in [1.807, 2.05) is 12.1 Å². The lowest BCUT2D eigenvalue weighted by Gasteiger charge is -2.03. The second-order valence-corrected chi connectivity index (χ2v) is 5.11. The molecule has 1 aromatic heterocycles. The molecule has 0 bridgehead atoms. The van der Waals surface area contributed by atoms with Crippen LogP contribution >= 0.6 is 0 Å². The highest BCUT2D eigenvalue weighted by molar-refractivity contribution is 5.92. The zero-order valence-electron chi connectivity index (χ0n) is 12.0. The molecule has 0 fully saturated rings. The fraction of sp³-hybridized carbons (Fsp3) is 0.0556. The number of benzene rings is 2. The summed E-state index contributed by atoms with van der Waals surface area (Å²) in [6.45, 7) is 0.163. The van der Waals surface area contributed by atoms with Gasteiger partial charge in [0.1, 0.15) is 0 Å². The molecule has 1 aliphatic heterocycles. The van der Waals surface area contributed by atoms with Crippen molar-refractivity contribution >= 4 is 16.7 Å². The Bertz CT molecular complexity index is 975. The molecule has 0 N–H and O–H groups in total. The van der Waals surface area contributed by atoms with Gasteiger partial charge in [-0.25, -0.2) is 4.79 Å². The molecule has 0 aliphatic carbocycles. The molecule has 0 saturated heterocycles. The Kier molecular flexibility index (Phi) is 2.95. The average molecular weight is 303 g/mol. The number of rotatable bonds is 1. The number of carbonyl (C=O) groups is 1. The lowest BCUT2D eigenvalue weighted by Crippen LogP contribution is -2.45. The second kappa shape index (κ2) is 5.11. The first-order chi connectivity index (χ1) is 11.3. The molecule has 0 atom stereocenters. The Morgan fingerprint density at radius 1 is 1.09 bits per heavy atom. The van der Waals surface area contributed by atoms with Gasteiger partial charge in [0.05, 0.1) is 10.9 Å². The van der Waals surface area contributed by atoms with Gasteiger partial charge in [-0.3, -0.25) is 0 Å². The van der Waals surface area contributed by atoms with Gasteiger partial charge in [-0.2, -0.15) is 5.26 Å². The number of fused-ring (bicyclic) bond motifs is 2. The molecule has 0 spiro atoms. The quantitative estimate of drug-likeness (QED) is 0.648. The topological polar surface area (TPSA) is 63.2 Å². The maximum Gasteiger partial charge on any atom is 0.425 e. The van der Waals surface area contributed by atoms with Crippen LogP contribution in [0.4, 0.5) is 0 Å². The van der Waals surface area contributed by atoms with Crippen molar-refractivity contribution in [1.29, 1.82) is 5.26 Å². The minimum absolute atomic E-state index is 0.163. The molecule has 5 heteroatoms. The summed E-state index contributed by atoms with van der Waals surface area (Å²) < 4.78 is 12.1. The van der Waals surface area contributed by atoms with Crippen LogP contribution in [-0.2, 0) is 0 Å². The van der Waals surface area contributed by atoms with Crippen LogP contribution in [0.15, 0.2) is 54.7 Å². The van der Waals surface area contributed by atoms with Crippen molar-refractivity contribution in [3.8, 4) is 17.6 Å². The van der Waals surface area contributed by atoms with Crippen LogP contribution in [0.5, 0.6) is 11.5 Å². The number of nitrogens with zero attached hydrogens (tertiary/aromatic N) is 2. The molecule has 5 nitrogen and oxygen atoms in total. The standard InChI is InChI=1S/C18H11N2O3/c19-10-15-14-9-17-16(22-11-23-17)8-13(14)6-7-20(15)18(21)12-4-2-1-3-5-12/h1-9H,11H2/q+1. The molecule has 3 aromatic rings. The third-order valence-electron chi connectivity index (χ3n) is 3.79. The van der Waals surface area contributed by atoms with Gasteiger partial charge in [0.2, 0.25) is 6.79 Å². The zero-order valence-corrected chi connectivity index (χ0v) is 12.0. The van der Waals surface area contributed by atoms with Crippen LogP contribution in [0.3, 0.4) is 0 Å². The van der Waals surface area contributed by atoms with Gasteiger partial charge in [0.15, 0.2) is 23.8 Å². The summed E-state index contributed by atoms with van der Waals surface area (Å²) in [5, 5.41) is 11.0. The molecule has 110 valence electrons. The summed E-state index contributed by atoms with van der Waals surface area (Å²) in [5.74, 6) is 0.981. The molecule has 1 aliphatic rings. The van der Waals surface area contributed by atoms with E-state index >= 15 is 0 Å².